The third kappa shape index (κ3) is 3.94. The molecule has 1 fully saturated rings. The highest BCUT2D eigenvalue weighted by Gasteiger charge is 2.20. The molecule has 0 unspecified atom stereocenters. The number of rotatable bonds is 4. The first-order valence-corrected chi connectivity index (χ1v) is 8.43. The van der Waals surface area contributed by atoms with Crippen molar-refractivity contribution in [3.05, 3.63) is 54.1 Å². The molecule has 4 heteroatoms. The molecule has 0 atom stereocenters. The van der Waals surface area contributed by atoms with Gasteiger partial charge in [-0.05, 0) is 49.2 Å². The Morgan fingerprint density at radius 1 is 0.958 bits per heavy atom. The Balaban J connectivity index is 1.63. The van der Waals surface area contributed by atoms with E-state index in [1.807, 2.05) is 42.5 Å². The Bertz CT molecular complexity index is 740. The number of hydrogen-bond donors (Lipinski definition) is 2. The van der Waals surface area contributed by atoms with Crippen molar-refractivity contribution in [2.45, 2.75) is 32.1 Å². The number of carbonyl (C=O) groups is 1. The summed E-state index contributed by atoms with van der Waals surface area (Å²) in [6, 6.07) is 17.1. The predicted molar refractivity (Wildman–Crippen MR) is 96.1 cm³/mol. The van der Waals surface area contributed by atoms with Crippen LogP contribution in [0.2, 0.25) is 0 Å². The minimum atomic E-state index is 0.130. The first-order chi connectivity index (χ1) is 11.8. The van der Waals surface area contributed by atoms with E-state index in [4.69, 9.17) is 5.26 Å². The van der Waals surface area contributed by atoms with Gasteiger partial charge in [0.2, 0.25) is 5.91 Å². The summed E-state index contributed by atoms with van der Waals surface area (Å²) in [6.07, 6.45) is 5.54. The number of nitrogens with zero attached hydrogens (tertiary/aromatic N) is 1. The zero-order chi connectivity index (χ0) is 16.8. The molecule has 1 aliphatic carbocycles. The van der Waals surface area contributed by atoms with Crippen LogP contribution in [0, 0.1) is 17.2 Å². The topological polar surface area (TPSA) is 64.9 Å². The molecule has 0 aliphatic heterocycles. The lowest BCUT2D eigenvalue weighted by molar-refractivity contribution is -0.120. The molecule has 1 aliphatic rings. The van der Waals surface area contributed by atoms with Crippen molar-refractivity contribution in [2.24, 2.45) is 5.92 Å². The van der Waals surface area contributed by atoms with Gasteiger partial charge in [0, 0.05) is 17.3 Å². The standard InChI is InChI=1S/C20H21N3O/c21-14-16-8-4-5-9-19(16)22-17-10-12-18(13-11-17)23-20(24)15-6-2-1-3-7-15/h4-5,8-13,15,22H,1-3,6-7H2,(H,23,24). The van der Waals surface area contributed by atoms with E-state index in [9.17, 15) is 4.79 Å². The minimum Gasteiger partial charge on any atom is -0.354 e. The number of amides is 1. The Kier molecular flexibility index (Phi) is 5.12. The Morgan fingerprint density at radius 3 is 2.33 bits per heavy atom. The van der Waals surface area contributed by atoms with Crippen LogP contribution in [0.25, 0.3) is 0 Å². The lowest BCUT2D eigenvalue weighted by Crippen LogP contribution is -2.24. The van der Waals surface area contributed by atoms with E-state index < -0.39 is 0 Å². The molecule has 0 spiro atoms. The first-order valence-electron chi connectivity index (χ1n) is 8.43. The highest BCUT2D eigenvalue weighted by Crippen LogP contribution is 2.26. The molecule has 2 N–H and O–H groups in total. The van der Waals surface area contributed by atoms with Crippen LogP contribution in [0.15, 0.2) is 48.5 Å². The summed E-state index contributed by atoms with van der Waals surface area (Å²) in [5.74, 6) is 0.282. The average Bonchev–Trinajstić information content (AvgIpc) is 2.64. The van der Waals surface area contributed by atoms with Crippen molar-refractivity contribution in [2.75, 3.05) is 10.6 Å². The molecule has 2 aromatic rings. The van der Waals surface area contributed by atoms with Crippen LogP contribution >= 0.6 is 0 Å². The maximum Gasteiger partial charge on any atom is 0.227 e. The Hall–Kier alpha value is -2.80. The Labute approximate surface area is 142 Å². The monoisotopic (exact) mass is 319 g/mol. The van der Waals surface area contributed by atoms with Crippen LogP contribution in [0.5, 0.6) is 0 Å². The van der Waals surface area contributed by atoms with Crippen molar-refractivity contribution in [3.63, 3.8) is 0 Å². The van der Waals surface area contributed by atoms with Gasteiger partial charge in [-0.1, -0.05) is 31.4 Å². The smallest absolute Gasteiger partial charge is 0.227 e. The fraction of sp³-hybridized carbons (Fsp3) is 0.300. The number of nitrogens with one attached hydrogen (secondary N) is 2. The summed E-state index contributed by atoms with van der Waals surface area (Å²) >= 11 is 0. The molecular formula is C20H21N3O. The number of anilines is 3. The number of benzene rings is 2. The van der Waals surface area contributed by atoms with Crippen LogP contribution in [0.1, 0.15) is 37.7 Å². The molecule has 1 amide bonds. The third-order valence-corrected chi connectivity index (χ3v) is 4.45. The summed E-state index contributed by atoms with van der Waals surface area (Å²) in [6.45, 7) is 0. The second-order valence-electron chi connectivity index (χ2n) is 6.18. The van der Waals surface area contributed by atoms with Gasteiger partial charge < -0.3 is 10.6 Å². The highest BCUT2D eigenvalue weighted by atomic mass is 16.1. The molecule has 2 aromatic carbocycles. The van der Waals surface area contributed by atoms with Crippen LogP contribution < -0.4 is 10.6 Å². The van der Waals surface area contributed by atoms with Crippen LogP contribution in [-0.2, 0) is 4.79 Å². The first kappa shape index (κ1) is 16.1. The van der Waals surface area contributed by atoms with Gasteiger partial charge in [0.25, 0.3) is 0 Å². The quantitative estimate of drug-likeness (QED) is 0.849. The van der Waals surface area contributed by atoms with Crippen molar-refractivity contribution < 1.29 is 4.79 Å². The number of nitriles is 1. The lowest BCUT2D eigenvalue weighted by atomic mass is 9.88. The predicted octanol–water partition coefficient (Wildman–Crippen LogP) is 4.82. The molecule has 122 valence electrons. The lowest BCUT2D eigenvalue weighted by Gasteiger charge is -2.20. The van der Waals surface area contributed by atoms with E-state index in [2.05, 4.69) is 16.7 Å². The highest BCUT2D eigenvalue weighted by molar-refractivity contribution is 5.92. The molecule has 0 saturated heterocycles. The maximum absolute atomic E-state index is 12.3. The fourth-order valence-electron chi connectivity index (χ4n) is 3.09. The molecule has 4 nitrogen and oxygen atoms in total. The van der Waals surface area contributed by atoms with E-state index in [0.717, 1.165) is 42.7 Å². The van der Waals surface area contributed by atoms with Gasteiger partial charge in [-0.2, -0.15) is 5.26 Å². The zero-order valence-electron chi connectivity index (χ0n) is 13.6. The van der Waals surface area contributed by atoms with E-state index in [1.54, 1.807) is 6.07 Å². The normalized spacial score (nSPS) is 14.6. The Morgan fingerprint density at radius 2 is 1.62 bits per heavy atom. The minimum absolute atomic E-state index is 0.130. The summed E-state index contributed by atoms with van der Waals surface area (Å²) in [5.41, 5.74) is 3.07. The second-order valence-corrected chi connectivity index (χ2v) is 6.18. The van der Waals surface area contributed by atoms with E-state index in [1.165, 1.54) is 6.42 Å². The van der Waals surface area contributed by atoms with E-state index in [0.29, 0.717) is 5.56 Å². The van der Waals surface area contributed by atoms with Crippen LogP contribution in [-0.4, -0.2) is 5.91 Å². The molecule has 24 heavy (non-hydrogen) atoms. The molecule has 0 aromatic heterocycles. The van der Waals surface area contributed by atoms with Crippen LogP contribution in [0.4, 0.5) is 17.1 Å². The number of hydrogen-bond acceptors (Lipinski definition) is 3. The van der Waals surface area contributed by atoms with Crippen molar-refractivity contribution >= 4 is 23.0 Å². The van der Waals surface area contributed by atoms with Gasteiger partial charge in [-0.3, -0.25) is 4.79 Å². The molecule has 1 saturated carbocycles. The molecular weight excluding hydrogens is 298 g/mol. The van der Waals surface area contributed by atoms with E-state index >= 15 is 0 Å². The number of carbonyl (C=O) groups excluding carboxylic acids is 1. The van der Waals surface area contributed by atoms with Crippen molar-refractivity contribution in [1.82, 2.24) is 0 Å². The maximum atomic E-state index is 12.3. The zero-order valence-corrected chi connectivity index (χ0v) is 13.6. The number of para-hydroxylation sites is 1. The summed E-state index contributed by atoms with van der Waals surface area (Å²) in [5, 5.41) is 15.4. The van der Waals surface area contributed by atoms with Gasteiger partial charge >= 0.3 is 0 Å². The third-order valence-electron chi connectivity index (χ3n) is 4.45. The van der Waals surface area contributed by atoms with Gasteiger partial charge in [0.1, 0.15) is 6.07 Å². The largest absolute Gasteiger partial charge is 0.354 e. The fourth-order valence-corrected chi connectivity index (χ4v) is 3.09. The second kappa shape index (κ2) is 7.65. The molecule has 0 radical (unpaired) electrons. The summed E-state index contributed by atoms with van der Waals surface area (Å²) in [4.78, 5) is 12.3. The van der Waals surface area contributed by atoms with Gasteiger partial charge in [0.15, 0.2) is 0 Å². The van der Waals surface area contributed by atoms with Crippen molar-refractivity contribution in [1.29, 1.82) is 5.26 Å². The molecule has 3 rings (SSSR count). The summed E-state index contributed by atoms with van der Waals surface area (Å²) in [7, 11) is 0. The van der Waals surface area contributed by atoms with Gasteiger partial charge in [0.05, 0.1) is 11.3 Å². The summed E-state index contributed by atoms with van der Waals surface area (Å²) < 4.78 is 0. The SMILES string of the molecule is N#Cc1ccccc1Nc1ccc(NC(=O)C2CCCCC2)cc1. The van der Waals surface area contributed by atoms with Gasteiger partial charge in [-0.25, -0.2) is 0 Å². The van der Waals surface area contributed by atoms with Gasteiger partial charge in [-0.15, -0.1) is 0 Å². The molecule has 0 bridgehead atoms. The average molecular weight is 319 g/mol. The van der Waals surface area contributed by atoms with Crippen molar-refractivity contribution in [3.8, 4) is 6.07 Å². The van der Waals surface area contributed by atoms with Crippen LogP contribution in [0.3, 0.4) is 0 Å². The van der Waals surface area contributed by atoms with E-state index in [-0.39, 0.29) is 11.8 Å². The molecule has 0 heterocycles.